The quantitative estimate of drug-likeness (QED) is 0.227. The first-order chi connectivity index (χ1) is 17.2. The smallest absolute Gasteiger partial charge is 0.242 e. The summed E-state index contributed by atoms with van der Waals surface area (Å²) in [6.45, 7) is 0. The molecule has 0 unspecified atom stereocenters. The van der Waals surface area contributed by atoms with Gasteiger partial charge in [-0.15, -0.1) is 10.2 Å². The highest BCUT2D eigenvalue weighted by atomic mass is 35.5. The van der Waals surface area contributed by atoms with E-state index in [0.717, 1.165) is 22.6 Å². The number of anilines is 2. The summed E-state index contributed by atoms with van der Waals surface area (Å²) in [7, 11) is 0. The van der Waals surface area contributed by atoms with E-state index in [0.29, 0.717) is 16.0 Å². The van der Waals surface area contributed by atoms with Gasteiger partial charge in [-0.2, -0.15) is 0 Å². The lowest BCUT2D eigenvalue weighted by Gasteiger charge is -2.23. The third-order valence-corrected chi connectivity index (χ3v) is 6.61. The first-order valence-electron chi connectivity index (χ1n) is 11.0. The van der Waals surface area contributed by atoms with Crippen LogP contribution in [-0.4, -0.2) is 26.4 Å². The Morgan fingerprint density at radius 3 is 1.89 bits per heavy atom. The van der Waals surface area contributed by atoms with Gasteiger partial charge < -0.3 is 0 Å². The van der Waals surface area contributed by atoms with Crippen LogP contribution >= 0.6 is 23.4 Å². The van der Waals surface area contributed by atoms with Crippen molar-refractivity contribution in [1.82, 2.24) is 14.8 Å². The molecule has 0 N–H and O–H groups in total. The first-order valence-corrected chi connectivity index (χ1v) is 12.4. The number of benzene rings is 4. The fourth-order valence-corrected chi connectivity index (χ4v) is 4.79. The van der Waals surface area contributed by atoms with E-state index in [-0.39, 0.29) is 11.7 Å². The predicted octanol–water partition coefficient (Wildman–Crippen LogP) is 7.04. The molecule has 1 amide bonds. The molecule has 5 aromatic rings. The summed E-state index contributed by atoms with van der Waals surface area (Å²) in [4.78, 5) is 15.3. The molecular weight excluding hydrogens is 476 g/mol. The normalized spacial score (nSPS) is 10.8. The molecule has 7 heteroatoms. The summed E-state index contributed by atoms with van der Waals surface area (Å²) >= 11 is 7.83. The van der Waals surface area contributed by atoms with E-state index in [1.54, 1.807) is 4.90 Å². The van der Waals surface area contributed by atoms with E-state index < -0.39 is 0 Å². The average Bonchev–Trinajstić information content (AvgIpc) is 3.33. The number of hydrogen-bond donors (Lipinski definition) is 0. The van der Waals surface area contributed by atoms with Crippen LogP contribution < -0.4 is 4.90 Å². The molecule has 0 fully saturated rings. The minimum atomic E-state index is -0.0608. The van der Waals surface area contributed by atoms with Gasteiger partial charge in [-0.25, -0.2) is 0 Å². The first kappa shape index (κ1) is 22.9. The Balaban J connectivity index is 1.48. The molecule has 5 nitrogen and oxygen atoms in total. The molecule has 0 spiro atoms. The van der Waals surface area contributed by atoms with Crippen molar-refractivity contribution in [2.24, 2.45) is 0 Å². The second kappa shape index (κ2) is 10.6. The molecule has 0 bridgehead atoms. The number of nitrogens with zero attached hydrogens (tertiary/aromatic N) is 4. The van der Waals surface area contributed by atoms with Crippen molar-refractivity contribution in [1.29, 1.82) is 0 Å². The SMILES string of the molecule is O=C(CSc1nnc(-c2ccccc2Cl)n1-c1ccccc1)N(c1ccccc1)c1ccccc1. The Kier molecular flexibility index (Phi) is 6.93. The Hall–Kier alpha value is -3.87. The molecule has 1 aromatic heterocycles. The van der Waals surface area contributed by atoms with Gasteiger partial charge in [0.2, 0.25) is 5.91 Å². The summed E-state index contributed by atoms with van der Waals surface area (Å²) in [6.07, 6.45) is 0. The number of para-hydroxylation sites is 3. The van der Waals surface area contributed by atoms with E-state index in [9.17, 15) is 4.79 Å². The Labute approximate surface area is 213 Å². The van der Waals surface area contributed by atoms with Gasteiger partial charge in [-0.05, 0) is 48.5 Å². The van der Waals surface area contributed by atoms with E-state index in [1.165, 1.54) is 11.8 Å². The molecule has 0 aliphatic heterocycles. The molecular formula is C28H21ClN4OS. The van der Waals surface area contributed by atoms with Gasteiger partial charge in [0.1, 0.15) is 0 Å². The summed E-state index contributed by atoms with van der Waals surface area (Å²) in [5.41, 5.74) is 3.29. The van der Waals surface area contributed by atoms with Crippen molar-refractivity contribution in [3.63, 3.8) is 0 Å². The number of hydrogen-bond acceptors (Lipinski definition) is 4. The van der Waals surface area contributed by atoms with Crippen molar-refractivity contribution < 1.29 is 4.79 Å². The summed E-state index contributed by atoms with van der Waals surface area (Å²) < 4.78 is 1.94. The molecule has 0 saturated heterocycles. The fourth-order valence-electron chi connectivity index (χ4n) is 3.77. The largest absolute Gasteiger partial charge is 0.280 e. The summed E-state index contributed by atoms with van der Waals surface area (Å²) in [5, 5.41) is 10.1. The minimum Gasteiger partial charge on any atom is -0.280 e. The monoisotopic (exact) mass is 496 g/mol. The van der Waals surface area contributed by atoms with Gasteiger partial charge in [-0.3, -0.25) is 14.3 Å². The van der Waals surface area contributed by atoms with Gasteiger partial charge in [0.15, 0.2) is 11.0 Å². The third kappa shape index (κ3) is 4.99. The molecule has 0 saturated carbocycles. The zero-order valence-electron chi connectivity index (χ0n) is 18.7. The van der Waals surface area contributed by atoms with Gasteiger partial charge in [-0.1, -0.05) is 90.1 Å². The van der Waals surface area contributed by atoms with Crippen LogP contribution in [0.25, 0.3) is 17.1 Å². The maximum Gasteiger partial charge on any atom is 0.242 e. The highest BCUT2D eigenvalue weighted by Crippen LogP contribution is 2.33. The lowest BCUT2D eigenvalue weighted by Crippen LogP contribution is -2.27. The number of carbonyl (C=O) groups excluding carboxylic acids is 1. The molecule has 0 atom stereocenters. The maximum atomic E-state index is 13.5. The lowest BCUT2D eigenvalue weighted by atomic mass is 10.2. The molecule has 5 rings (SSSR count). The van der Waals surface area contributed by atoms with Crippen molar-refractivity contribution in [2.75, 3.05) is 10.7 Å². The fraction of sp³-hybridized carbons (Fsp3) is 0.0357. The molecule has 0 radical (unpaired) electrons. The van der Waals surface area contributed by atoms with Gasteiger partial charge in [0.05, 0.1) is 10.8 Å². The number of halogens is 1. The van der Waals surface area contributed by atoms with Gasteiger partial charge >= 0.3 is 0 Å². The van der Waals surface area contributed by atoms with Crippen molar-refractivity contribution in [3.05, 3.63) is 120 Å². The van der Waals surface area contributed by atoms with E-state index in [1.807, 2.05) is 120 Å². The Bertz CT molecular complexity index is 1390. The Morgan fingerprint density at radius 1 is 0.743 bits per heavy atom. The Morgan fingerprint density at radius 2 is 1.29 bits per heavy atom. The van der Waals surface area contributed by atoms with Crippen LogP contribution in [0.3, 0.4) is 0 Å². The highest BCUT2D eigenvalue weighted by Gasteiger charge is 2.22. The van der Waals surface area contributed by atoms with Crippen LogP contribution in [0.15, 0.2) is 120 Å². The second-order valence-electron chi connectivity index (χ2n) is 7.65. The van der Waals surface area contributed by atoms with Gasteiger partial charge in [0.25, 0.3) is 0 Å². The molecule has 0 aliphatic carbocycles. The van der Waals surface area contributed by atoms with Gasteiger partial charge in [0, 0.05) is 22.6 Å². The van der Waals surface area contributed by atoms with Crippen molar-refractivity contribution in [2.45, 2.75) is 5.16 Å². The van der Waals surface area contributed by atoms with Crippen LogP contribution in [0, 0.1) is 0 Å². The number of aromatic nitrogens is 3. The van der Waals surface area contributed by atoms with Crippen molar-refractivity contribution >= 4 is 40.6 Å². The molecule has 4 aromatic carbocycles. The second-order valence-corrected chi connectivity index (χ2v) is 9.00. The summed E-state index contributed by atoms with van der Waals surface area (Å²) in [5.74, 6) is 0.742. The topological polar surface area (TPSA) is 51.0 Å². The van der Waals surface area contributed by atoms with E-state index in [4.69, 9.17) is 11.6 Å². The average molecular weight is 497 g/mol. The van der Waals surface area contributed by atoms with E-state index in [2.05, 4.69) is 10.2 Å². The molecule has 35 heavy (non-hydrogen) atoms. The maximum absolute atomic E-state index is 13.5. The standard InChI is InChI=1S/C28H21ClN4OS/c29-25-19-11-10-18-24(25)27-30-31-28(33(27)23-16-8-3-9-17-23)35-20-26(34)32(21-12-4-1-5-13-21)22-14-6-2-7-15-22/h1-19H,20H2. The van der Waals surface area contributed by atoms with Crippen LogP contribution in [0.2, 0.25) is 5.02 Å². The predicted molar refractivity (Wildman–Crippen MR) is 143 cm³/mol. The highest BCUT2D eigenvalue weighted by molar-refractivity contribution is 7.99. The molecule has 0 aliphatic rings. The van der Waals surface area contributed by atoms with Crippen molar-refractivity contribution in [3.8, 4) is 17.1 Å². The number of thioether (sulfide) groups is 1. The van der Waals surface area contributed by atoms with Crippen LogP contribution in [0.1, 0.15) is 0 Å². The van der Waals surface area contributed by atoms with Crippen LogP contribution in [0.5, 0.6) is 0 Å². The summed E-state index contributed by atoms with van der Waals surface area (Å²) in [6, 6.07) is 36.6. The van der Waals surface area contributed by atoms with E-state index >= 15 is 0 Å². The number of rotatable bonds is 7. The zero-order chi connectivity index (χ0) is 24.0. The van der Waals surface area contributed by atoms with Crippen LogP contribution in [-0.2, 0) is 4.79 Å². The molecule has 1 heterocycles. The number of amides is 1. The molecule has 172 valence electrons. The lowest BCUT2D eigenvalue weighted by molar-refractivity contribution is -0.115. The third-order valence-electron chi connectivity index (χ3n) is 5.37. The zero-order valence-corrected chi connectivity index (χ0v) is 20.2. The number of carbonyl (C=O) groups is 1. The minimum absolute atomic E-state index is 0.0608. The van der Waals surface area contributed by atoms with Crippen LogP contribution in [0.4, 0.5) is 11.4 Å².